The zero-order chi connectivity index (χ0) is 12.4. The fourth-order valence-corrected chi connectivity index (χ4v) is 1.86. The Morgan fingerprint density at radius 2 is 2.18 bits per heavy atom. The minimum Gasteiger partial charge on any atom is -0.331 e. The van der Waals surface area contributed by atoms with E-state index in [9.17, 15) is 0 Å². The Bertz CT molecular complexity index is 575. The van der Waals surface area contributed by atoms with Crippen molar-refractivity contribution in [3.63, 3.8) is 0 Å². The van der Waals surface area contributed by atoms with E-state index in [2.05, 4.69) is 34.6 Å². The molecule has 4 nitrogen and oxygen atoms in total. The van der Waals surface area contributed by atoms with Crippen LogP contribution in [0.25, 0.3) is 11.0 Å². The molecule has 4 heteroatoms. The third-order valence-electron chi connectivity index (χ3n) is 2.89. The number of likely N-dealkylation sites (N-methyl/N-ethyl adjacent to an activating group) is 1. The summed E-state index contributed by atoms with van der Waals surface area (Å²) in [6, 6.07) is 7.77. The Morgan fingerprint density at radius 1 is 1.41 bits per heavy atom. The Hall–Kier alpha value is -1.86. The van der Waals surface area contributed by atoms with E-state index in [-0.39, 0.29) is 0 Å². The van der Waals surface area contributed by atoms with E-state index in [4.69, 9.17) is 5.26 Å². The summed E-state index contributed by atoms with van der Waals surface area (Å²) in [6.45, 7) is 0.974. The quantitative estimate of drug-likeness (QED) is 0.800. The third-order valence-corrected chi connectivity index (χ3v) is 2.89. The molecule has 0 unspecified atom stereocenters. The highest BCUT2D eigenvalue weighted by Crippen LogP contribution is 2.16. The molecule has 0 fully saturated rings. The van der Waals surface area contributed by atoms with Crippen molar-refractivity contribution in [3.8, 4) is 6.07 Å². The molecule has 0 saturated carbocycles. The van der Waals surface area contributed by atoms with Gasteiger partial charge >= 0.3 is 0 Å². The van der Waals surface area contributed by atoms with Gasteiger partial charge in [-0.25, -0.2) is 4.98 Å². The highest BCUT2D eigenvalue weighted by molar-refractivity contribution is 5.77. The molecule has 0 bridgehead atoms. The summed E-state index contributed by atoms with van der Waals surface area (Å²) in [4.78, 5) is 6.73. The second kappa shape index (κ2) is 4.56. The van der Waals surface area contributed by atoms with Crippen molar-refractivity contribution in [2.75, 3.05) is 20.6 Å². The molecular formula is C13H16N4. The minimum absolute atomic E-state index is 0.680. The van der Waals surface area contributed by atoms with Crippen molar-refractivity contribution in [1.82, 2.24) is 14.5 Å². The number of aromatic nitrogens is 2. The first-order chi connectivity index (χ1) is 8.11. The number of hydrogen-bond acceptors (Lipinski definition) is 3. The van der Waals surface area contributed by atoms with Crippen molar-refractivity contribution < 1.29 is 0 Å². The van der Waals surface area contributed by atoms with Gasteiger partial charge in [-0.2, -0.15) is 5.26 Å². The van der Waals surface area contributed by atoms with Crippen LogP contribution >= 0.6 is 0 Å². The topological polar surface area (TPSA) is 44.9 Å². The molecule has 0 aliphatic carbocycles. The Balaban J connectivity index is 2.39. The molecule has 0 spiro atoms. The first kappa shape index (κ1) is 11.6. The van der Waals surface area contributed by atoms with Gasteiger partial charge in [-0.1, -0.05) is 0 Å². The Kier molecular flexibility index (Phi) is 3.12. The molecule has 2 rings (SSSR count). The molecule has 1 heterocycles. The zero-order valence-electron chi connectivity index (χ0n) is 10.4. The largest absolute Gasteiger partial charge is 0.331 e. The Labute approximate surface area is 101 Å². The van der Waals surface area contributed by atoms with Crippen LogP contribution in [-0.4, -0.2) is 35.1 Å². The van der Waals surface area contributed by atoms with E-state index < -0.39 is 0 Å². The van der Waals surface area contributed by atoms with Gasteiger partial charge in [0.1, 0.15) is 5.82 Å². The monoisotopic (exact) mass is 228 g/mol. The van der Waals surface area contributed by atoms with Crippen LogP contribution in [0.4, 0.5) is 0 Å². The number of fused-ring (bicyclic) bond motifs is 1. The standard InChI is InChI=1S/C13H16N4/c1-16(2)7-6-13-15-11-5-4-10(9-14)8-12(11)17(13)3/h4-5,8H,6-7H2,1-3H3. The number of rotatable bonds is 3. The van der Waals surface area contributed by atoms with Gasteiger partial charge in [0.2, 0.25) is 0 Å². The molecular weight excluding hydrogens is 212 g/mol. The lowest BCUT2D eigenvalue weighted by atomic mass is 10.2. The summed E-state index contributed by atoms with van der Waals surface area (Å²) in [5, 5.41) is 8.88. The molecule has 0 atom stereocenters. The Morgan fingerprint density at radius 3 is 2.82 bits per heavy atom. The molecule has 2 aromatic rings. The van der Waals surface area contributed by atoms with E-state index in [0.29, 0.717) is 5.56 Å². The van der Waals surface area contributed by atoms with Crippen molar-refractivity contribution in [2.45, 2.75) is 6.42 Å². The number of benzene rings is 1. The van der Waals surface area contributed by atoms with Crippen molar-refractivity contribution in [3.05, 3.63) is 29.6 Å². The first-order valence-electron chi connectivity index (χ1n) is 5.62. The molecule has 17 heavy (non-hydrogen) atoms. The highest BCUT2D eigenvalue weighted by atomic mass is 15.1. The van der Waals surface area contributed by atoms with E-state index in [1.807, 2.05) is 25.2 Å². The van der Waals surface area contributed by atoms with Gasteiger partial charge in [0.25, 0.3) is 0 Å². The molecule has 1 aromatic heterocycles. The summed E-state index contributed by atoms with van der Waals surface area (Å²) in [6.07, 6.45) is 0.917. The molecule has 0 amide bonds. The molecule has 0 N–H and O–H groups in total. The maximum absolute atomic E-state index is 8.88. The van der Waals surface area contributed by atoms with Crippen molar-refractivity contribution in [1.29, 1.82) is 5.26 Å². The first-order valence-corrected chi connectivity index (χ1v) is 5.62. The molecule has 0 saturated heterocycles. The van der Waals surface area contributed by atoms with Gasteiger partial charge in [-0.15, -0.1) is 0 Å². The number of imidazole rings is 1. The number of aryl methyl sites for hydroxylation is 1. The molecule has 0 aliphatic heterocycles. The zero-order valence-corrected chi connectivity index (χ0v) is 10.4. The van der Waals surface area contributed by atoms with Crippen LogP contribution in [0.5, 0.6) is 0 Å². The third kappa shape index (κ3) is 2.29. The number of nitriles is 1. The highest BCUT2D eigenvalue weighted by Gasteiger charge is 2.08. The summed E-state index contributed by atoms with van der Waals surface area (Å²) in [5.41, 5.74) is 2.66. The normalized spacial score (nSPS) is 11.0. The van der Waals surface area contributed by atoms with Crippen LogP contribution in [0.3, 0.4) is 0 Å². The predicted molar refractivity (Wildman–Crippen MR) is 67.7 cm³/mol. The average Bonchev–Trinajstić information content (AvgIpc) is 2.63. The van der Waals surface area contributed by atoms with Crippen LogP contribution in [-0.2, 0) is 13.5 Å². The SMILES string of the molecule is CN(C)CCc1nc2ccc(C#N)cc2n1C. The average molecular weight is 228 g/mol. The minimum atomic E-state index is 0.680. The molecule has 0 aliphatic rings. The molecule has 88 valence electrons. The van der Waals surface area contributed by atoms with Crippen molar-refractivity contribution in [2.24, 2.45) is 7.05 Å². The van der Waals surface area contributed by atoms with Gasteiger partial charge in [0.05, 0.1) is 22.7 Å². The summed E-state index contributed by atoms with van der Waals surface area (Å²) in [5.74, 6) is 1.06. The van der Waals surface area contributed by atoms with Gasteiger partial charge in [-0.3, -0.25) is 0 Å². The van der Waals surface area contributed by atoms with E-state index in [0.717, 1.165) is 29.8 Å². The van der Waals surface area contributed by atoms with E-state index in [1.165, 1.54) is 0 Å². The van der Waals surface area contributed by atoms with Gasteiger partial charge in [0, 0.05) is 20.0 Å². The lowest BCUT2D eigenvalue weighted by Crippen LogP contribution is -2.16. The predicted octanol–water partition coefficient (Wildman–Crippen LogP) is 1.55. The fourth-order valence-electron chi connectivity index (χ4n) is 1.86. The van der Waals surface area contributed by atoms with Crippen LogP contribution in [0, 0.1) is 11.3 Å². The maximum Gasteiger partial charge on any atom is 0.110 e. The summed E-state index contributed by atoms with van der Waals surface area (Å²) >= 11 is 0. The molecule has 0 radical (unpaired) electrons. The van der Waals surface area contributed by atoms with Gasteiger partial charge in [0.15, 0.2) is 0 Å². The van der Waals surface area contributed by atoms with E-state index >= 15 is 0 Å². The maximum atomic E-state index is 8.88. The van der Waals surface area contributed by atoms with Gasteiger partial charge < -0.3 is 9.47 Å². The smallest absolute Gasteiger partial charge is 0.110 e. The van der Waals surface area contributed by atoms with Crippen molar-refractivity contribution >= 4 is 11.0 Å². The van der Waals surface area contributed by atoms with E-state index in [1.54, 1.807) is 0 Å². The van der Waals surface area contributed by atoms with Crippen LogP contribution < -0.4 is 0 Å². The summed E-state index contributed by atoms with van der Waals surface area (Å²) < 4.78 is 2.07. The van der Waals surface area contributed by atoms with Crippen LogP contribution in [0.2, 0.25) is 0 Å². The lowest BCUT2D eigenvalue weighted by Gasteiger charge is -2.08. The fraction of sp³-hybridized carbons (Fsp3) is 0.385. The van der Waals surface area contributed by atoms with Crippen LogP contribution in [0.15, 0.2) is 18.2 Å². The second-order valence-corrected chi connectivity index (χ2v) is 4.46. The van der Waals surface area contributed by atoms with Crippen LogP contribution in [0.1, 0.15) is 11.4 Å². The summed E-state index contributed by atoms with van der Waals surface area (Å²) in [7, 11) is 6.11. The number of nitrogens with zero attached hydrogens (tertiary/aromatic N) is 4. The molecule has 1 aromatic carbocycles. The van der Waals surface area contributed by atoms with Gasteiger partial charge in [-0.05, 0) is 32.3 Å². The lowest BCUT2D eigenvalue weighted by molar-refractivity contribution is 0.408. The second-order valence-electron chi connectivity index (χ2n) is 4.46. The number of hydrogen-bond donors (Lipinski definition) is 0.